The van der Waals surface area contributed by atoms with Crippen LogP contribution >= 0.6 is 0 Å². The van der Waals surface area contributed by atoms with Gasteiger partial charge in [-0.3, -0.25) is 9.88 Å². The third-order valence-corrected chi connectivity index (χ3v) is 11.5. The largest absolute Gasteiger partial charge is 0.350 e. The molecular formula is C54H39N5. The lowest BCUT2D eigenvalue weighted by molar-refractivity contribution is 0.409. The van der Waals surface area contributed by atoms with Crippen molar-refractivity contribution in [2.24, 2.45) is 4.99 Å². The molecule has 280 valence electrons. The molecule has 0 amide bonds. The molecule has 0 saturated heterocycles. The molecule has 2 atom stereocenters. The van der Waals surface area contributed by atoms with E-state index in [-0.39, 0.29) is 12.3 Å². The molecule has 0 aliphatic carbocycles. The van der Waals surface area contributed by atoms with Crippen LogP contribution in [0.3, 0.4) is 0 Å². The van der Waals surface area contributed by atoms with E-state index in [1.54, 1.807) is 0 Å². The molecule has 8 aromatic carbocycles. The number of nitrogens with zero attached hydrogens (tertiary/aromatic N) is 3. The summed E-state index contributed by atoms with van der Waals surface area (Å²) in [5, 5.41) is 12.4. The van der Waals surface area contributed by atoms with Gasteiger partial charge in [0.25, 0.3) is 0 Å². The molecule has 0 bridgehead atoms. The number of amidine groups is 1. The van der Waals surface area contributed by atoms with Crippen LogP contribution in [0.4, 0.5) is 0 Å². The lowest BCUT2D eigenvalue weighted by Gasteiger charge is -2.32. The summed E-state index contributed by atoms with van der Waals surface area (Å²) in [4.78, 5) is 10.4. The third-order valence-electron chi connectivity index (χ3n) is 11.5. The van der Waals surface area contributed by atoms with Crippen LogP contribution in [0.25, 0.3) is 71.8 Å². The quantitative estimate of drug-likeness (QED) is 0.170. The predicted molar refractivity (Wildman–Crippen MR) is 244 cm³/mol. The third kappa shape index (κ3) is 6.35. The van der Waals surface area contributed by atoms with Gasteiger partial charge in [-0.05, 0) is 79.5 Å². The maximum Gasteiger partial charge on any atom is 0.138 e. The van der Waals surface area contributed by atoms with Crippen molar-refractivity contribution in [3.63, 3.8) is 0 Å². The van der Waals surface area contributed by atoms with Gasteiger partial charge in [0.05, 0.1) is 11.0 Å². The fraction of sp³-hybridized carbons (Fsp3) is 0.0370. The number of hydrogen-bond donors (Lipinski definition) is 2. The highest BCUT2D eigenvalue weighted by atomic mass is 15.3. The molecule has 1 aliphatic rings. The van der Waals surface area contributed by atoms with Crippen LogP contribution in [-0.4, -0.2) is 15.4 Å². The van der Waals surface area contributed by atoms with Crippen LogP contribution < -0.4 is 10.6 Å². The Labute approximate surface area is 343 Å². The summed E-state index contributed by atoms with van der Waals surface area (Å²) < 4.78 is 2.34. The molecular weight excluding hydrogens is 719 g/mol. The monoisotopic (exact) mass is 757 g/mol. The van der Waals surface area contributed by atoms with E-state index in [1.807, 2.05) is 12.3 Å². The molecule has 0 spiro atoms. The van der Waals surface area contributed by atoms with Crippen LogP contribution in [0, 0.1) is 0 Å². The van der Waals surface area contributed by atoms with Crippen molar-refractivity contribution in [1.82, 2.24) is 20.2 Å². The zero-order chi connectivity index (χ0) is 39.1. The van der Waals surface area contributed by atoms with E-state index in [0.717, 1.165) is 44.9 Å². The van der Waals surface area contributed by atoms with Gasteiger partial charge in [0, 0.05) is 22.5 Å². The van der Waals surface area contributed by atoms with Crippen LogP contribution in [0.1, 0.15) is 29.0 Å². The molecule has 5 heteroatoms. The Hall–Kier alpha value is -7.60. The molecule has 59 heavy (non-hydrogen) atoms. The zero-order valence-corrected chi connectivity index (χ0v) is 32.2. The van der Waals surface area contributed by atoms with Crippen LogP contribution in [-0.2, 0) is 0 Å². The maximum atomic E-state index is 5.32. The maximum absolute atomic E-state index is 5.32. The van der Waals surface area contributed by atoms with E-state index in [4.69, 9.17) is 9.98 Å². The molecule has 3 heterocycles. The lowest BCUT2D eigenvalue weighted by Crippen LogP contribution is -2.45. The van der Waals surface area contributed by atoms with Gasteiger partial charge in [0.1, 0.15) is 24.0 Å². The van der Waals surface area contributed by atoms with Gasteiger partial charge < -0.3 is 5.32 Å². The average molecular weight is 758 g/mol. The van der Waals surface area contributed by atoms with E-state index in [0.29, 0.717) is 0 Å². The second-order valence-electron chi connectivity index (χ2n) is 15.1. The number of rotatable bonds is 7. The van der Waals surface area contributed by atoms with Gasteiger partial charge in [-0.25, -0.2) is 9.98 Å². The molecule has 0 radical (unpaired) electrons. The summed E-state index contributed by atoms with van der Waals surface area (Å²) in [5.41, 5.74) is 12.5. The van der Waals surface area contributed by atoms with Gasteiger partial charge in [0.15, 0.2) is 0 Å². The molecule has 1 aliphatic heterocycles. The highest BCUT2D eigenvalue weighted by Crippen LogP contribution is 2.42. The summed E-state index contributed by atoms with van der Waals surface area (Å²) in [6.45, 7) is 0. The Balaban J connectivity index is 1.09. The van der Waals surface area contributed by atoms with Gasteiger partial charge in [-0.15, -0.1) is 0 Å². The second kappa shape index (κ2) is 14.7. The van der Waals surface area contributed by atoms with Gasteiger partial charge in [0.2, 0.25) is 0 Å². The Morgan fingerprint density at radius 2 is 1.02 bits per heavy atom. The van der Waals surface area contributed by atoms with E-state index >= 15 is 0 Å². The minimum absolute atomic E-state index is 0.185. The zero-order valence-electron chi connectivity index (χ0n) is 32.2. The summed E-state index contributed by atoms with van der Waals surface area (Å²) in [6, 6.07) is 73.3. The number of pyridine rings is 1. The SMILES string of the molecule is c1ccc(-c2ccc(C3NC(c4ccnc(-n5c6cc(-c7ccccc7)ccc6c6c7ccccc7c(-c7ccccc7)cc65)c4)=NC(c4ccccc4)N3)cc2)cc1. The fourth-order valence-corrected chi connectivity index (χ4v) is 8.66. The van der Waals surface area contributed by atoms with E-state index in [2.05, 4.69) is 215 Å². The molecule has 5 nitrogen and oxygen atoms in total. The highest BCUT2D eigenvalue weighted by Gasteiger charge is 2.26. The van der Waals surface area contributed by atoms with Crippen molar-refractivity contribution in [2.75, 3.05) is 0 Å². The molecule has 2 unspecified atom stereocenters. The van der Waals surface area contributed by atoms with Crippen molar-refractivity contribution in [2.45, 2.75) is 12.3 Å². The van der Waals surface area contributed by atoms with Gasteiger partial charge in [-0.1, -0.05) is 182 Å². The smallest absolute Gasteiger partial charge is 0.138 e. The number of nitrogens with one attached hydrogen (secondary N) is 2. The first-order valence-electron chi connectivity index (χ1n) is 20.1. The molecule has 0 saturated carbocycles. The van der Waals surface area contributed by atoms with E-state index < -0.39 is 0 Å². The van der Waals surface area contributed by atoms with Crippen molar-refractivity contribution < 1.29 is 0 Å². The van der Waals surface area contributed by atoms with Gasteiger partial charge in [-0.2, -0.15) is 0 Å². The number of aromatic nitrogens is 2. The van der Waals surface area contributed by atoms with Crippen LogP contribution in [0.5, 0.6) is 0 Å². The summed E-state index contributed by atoms with van der Waals surface area (Å²) in [6.07, 6.45) is 1.47. The van der Waals surface area contributed by atoms with E-state index in [1.165, 1.54) is 49.4 Å². The molecule has 0 fully saturated rings. The fourth-order valence-electron chi connectivity index (χ4n) is 8.66. The van der Waals surface area contributed by atoms with Crippen molar-refractivity contribution in [1.29, 1.82) is 0 Å². The second-order valence-corrected chi connectivity index (χ2v) is 15.1. The molecule has 2 N–H and O–H groups in total. The summed E-state index contributed by atoms with van der Waals surface area (Å²) in [7, 11) is 0. The lowest BCUT2D eigenvalue weighted by atomic mass is 9.94. The van der Waals surface area contributed by atoms with Crippen LogP contribution in [0.2, 0.25) is 0 Å². The first-order chi connectivity index (χ1) is 29.2. The minimum atomic E-state index is -0.260. The number of benzene rings is 8. The standard InChI is InChI=1S/C54H39N5/c1-5-15-36(16-6-1)38-25-27-41(28-26-38)53-56-52(40-21-11-4-12-22-40)57-54(58-53)43-31-32-55-50(34-43)59-48-33-42(37-17-7-2-8-18-37)29-30-46(48)51-45-24-14-13-23-44(45)47(35-49(51)59)39-19-9-3-10-20-39/h1-35,52-53,56H,(H,57,58). The topological polar surface area (TPSA) is 54.2 Å². The van der Waals surface area contributed by atoms with Crippen molar-refractivity contribution >= 4 is 38.4 Å². The number of fused-ring (bicyclic) bond motifs is 5. The molecule has 11 rings (SSSR count). The summed E-state index contributed by atoms with van der Waals surface area (Å²) in [5.74, 6) is 1.63. The molecule has 2 aromatic heterocycles. The Morgan fingerprint density at radius 1 is 0.424 bits per heavy atom. The van der Waals surface area contributed by atoms with Crippen LogP contribution in [0.15, 0.2) is 217 Å². The predicted octanol–water partition coefficient (Wildman–Crippen LogP) is 12.7. The Kier molecular flexibility index (Phi) is 8.64. The number of hydrogen-bond acceptors (Lipinski definition) is 4. The molecule has 10 aromatic rings. The number of aliphatic imine (C=N–C) groups is 1. The highest BCUT2D eigenvalue weighted by molar-refractivity contribution is 6.24. The summed E-state index contributed by atoms with van der Waals surface area (Å²) >= 11 is 0. The minimum Gasteiger partial charge on any atom is -0.350 e. The van der Waals surface area contributed by atoms with Crippen molar-refractivity contribution in [3.8, 4) is 39.2 Å². The Morgan fingerprint density at radius 3 is 1.73 bits per heavy atom. The van der Waals surface area contributed by atoms with Crippen molar-refractivity contribution in [3.05, 3.63) is 229 Å². The first-order valence-corrected chi connectivity index (χ1v) is 20.1. The Bertz CT molecular complexity index is 3140. The normalized spacial score (nSPS) is 15.3. The average Bonchev–Trinajstić information content (AvgIpc) is 3.66. The van der Waals surface area contributed by atoms with Gasteiger partial charge >= 0.3 is 0 Å². The van der Waals surface area contributed by atoms with E-state index in [9.17, 15) is 0 Å². The first kappa shape index (κ1) is 34.6.